The molecule has 25 heavy (non-hydrogen) atoms. The molecule has 1 atom stereocenters. The highest BCUT2D eigenvalue weighted by atomic mass is 32.1. The summed E-state index contributed by atoms with van der Waals surface area (Å²) >= 11 is 1.48. The Bertz CT molecular complexity index is 714. The third-order valence-corrected chi connectivity index (χ3v) is 4.65. The minimum absolute atomic E-state index is 0.0858. The molecule has 7 heteroatoms. The van der Waals surface area contributed by atoms with Crippen LogP contribution in [0.5, 0.6) is 11.5 Å². The number of thiophene rings is 1. The number of hydrogen-bond acceptors (Lipinski definition) is 6. The molecule has 1 aromatic carbocycles. The third-order valence-electron chi connectivity index (χ3n) is 3.67. The summed E-state index contributed by atoms with van der Waals surface area (Å²) in [5.74, 6) is 0.657. The Morgan fingerprint density at radius 2 is 1.96 bits per heavy atom. The molecule has 6 nitrogen and oxygen atoms in total. The van der Waals surface area contributed by atoms with Gasteiger partial charge in [0.1, 0.15) is 11.5 Å². The molecule has 0 aliphatic heterocycles. The Hall–Kier alpha value is -2.54. The largest absolute Gasteiger partial charge is 0.497 e. The highest BCUT2D eigenvalue weighted by Gasteiger charge is 2.20. The highest BCUT2D eigenvalue weighted by Crippen LogP contribution is 2.26. The van der Waals surface area contributed by atoms with Crippen LogP contribution in [-0.2, 0) is 20.7 Å². The quantitative estimate of drug-likeness (QED) is 0.730. The summed E-state index contributed by atoms with van der Waals surface area (Å²) in [5, 5.41) is 4.80. The van der Waals surface area contributed by atoms with Crippen LogP contribution in [0.4, 0.5) is 0 Å². The Morgan fingerprint density at radius 3 is 2.56 bits per heavy atom. The molecule has 0 aliphatic rings. The van der Waals surface area contributed by atoms with Gasteiger partial charge in [-0.3, -0.25) is 9.59 Å². The Morgan fingerprint density at radius 1 is 1.16 bits per heavy atom. The van der Waals surface area contributed by atoms with E-state index >= 15 is 0 Å². The zero-order valence-corrected chi connectivity index (χ0v) is 15.2. The van der Waals surface area contributed by atoms with Gasteiger partial charge in [0, 0.05) is 16.5 Å². The van der Waals surface area contributed by atoms with Gasteiger partial charge >= 0.3 is 5.97 Å². The molecule has 1 heterocycles. The molecular weight excluding hydrogens is 342 g/mol. The summed E-state index contributed by atoms with van der Waals surface area (Å²) in [7, 11) is 4.44. The van der Waals surface area contributed by atoms with Crippen LogP contribution in [0.2, 0.25) is 0 Å². The van der Waals surface area contributed by atoms with Crippen LogP contribution in [0.1, 0.15) is 22.9 Å². The molecule has 0 aliphatic carbocycles. The normalized spacial score (nSPS) is 11.5. The summed E-state index contributed by atoms with van der Waals surface area (Å²) < 4.78 is 15.2. The van der Waals surface area contributed by atoms with Crippen LogP contribution in [0, 0.1) is 0 Å². The van der Waals surface area contributed by atoms with Gasteiger partial charge in [-0.2, -0.15) is 0 Å². The second-order valence-electron chi connectivity index (χ2n) is 5.27. The van der Waals surface area contributed by atoms with Gasteiger partial charge in [-0.05, 0) is 17.5 Å². The maximum atomic E-state index is 12.5. The number of esters is 1. The van der Waals surface area contributed by atoms with Crippen molar-refractivity contribution in [3.63, 3.8) is 0 Å². The molecule has 1 aromatic heterocycles. The predicted octanol–water partition coefficient (Wildman–Crippen LogP) is 2.73. The second kappa shape index (κ2) is 9.08. The minimum Gasteiger partial charge on any atom is -0.497 e. The minimum atomic E-state index is -0.413. The van der Waals surface area contributed by atoms with Crippen molar-refractivity contribution >= 4 is 23.2 Å². The van der Waals surface area contributed by atoms with Crippen molar-refractivity contribution in [1.82, 2.24) is 5.32 Å². The van der Waals surface area contributed by atoms with Crippen LogP contribution in [0.3, 0.4) is 0 Å². The number of carbonyl (C=O) groups excluding carboxylic acids is 2. The van der Waals surface area contributed by atoms with E-state index in [-0.39, 0.29) is 24.7 Å². The van der Waals surface area contributed by atoms with Gasteiger partial charge in [0.05, 0.1) is 40.2 Å². The first-order valence-corrected chi connectivity index (χ1v) is 8.55. The fourth-order valence-electron chi connectivity index (χ4n) is 2.38. The van der Waals surface area contributed by atoms with Crippen molar-refractivity contribution in [2.45, 2.75) is 18.9 Å². The number of hydrogen-bond donors (Lipinski definition) is 1. The lowest BCUT2D eigenvalue weighted by atomic mass is 10.1. The molecule has 0 bridgehead atoms. The van der Waals surface area contributed by atoms with Gasteiger partial charge in [0.2, 0.25) is 5.91 Å². The topological polar surface area (TPSA) is 73.9 Å². The number of methoxy groups -OCH3 is 3. The summed E-state index contributed by atoms with van der Waals surface area (Å²) in [4.78, 5) is 25.0. The summed E-state index contributed by atoms with van der Waals surface area (Å²) in [6.07, 6.45) is 0.221. The molecule has 0 spiro atoms. The van der Waals surface area contributed by atoms with Crippen molar-refractivity contribution < 1.29 is 23.8 Å². The van der Waals surface area contributed by atoms with Crippen molar-refractivity contribution in [1.29, 1.82) is 0 Å². The predicted molar refractivity (Wildman–Crippen MR) is 95.1 cm³/mol. The monoisotopic (exact) mass is 363 g/mol. The molecule has 1 N–H and O–H groups in total. The zero-order chi connectivity index (χ0) is 18.2. The molecule has 0 saturated heterocycles. The number of rotatable bonds is 8. The SMILES string of the molecule is COC(=O)C[C@H](NC(=O)Cc1ccc(OC)cc1OC)c1cccs1. The zero-order valence-electron chi connectivity index (χ0n) is 14.4. The van der Waals surface area contributed by atoms with E-state index in [0.717, 1.165) is 10.4 Å². The molecule has 0 unspecified atom stereocenters. The molecule has 0 radical (unpaired) electrons. The van der Waals surface area contributed by atoms with E-state index < -0.39 is 6.04 Å². The van der Waals surface area contributed by atoms with Crippen molar-refractivity contribution in [2.24, 2.45) is 0 Å². The maximum absolute atomic E-state index is 12.5. The van der Waals surface area contributed by atoms with E-state index in [0.29, 0.717) is 11.5 Å². The first-order valence-electron chi connectivity index (χ1n) is 7.67. The third kappa shape index (κ3) is 5.22. The lowest BCUT2D eigenvalue weighted by molar-refractivity contribution is -0.141. The highest BCUT2D eigenvalue weighted by molar-refractivity contribution is 7.10. The van der Waals surface area contributed by atoms with E-state index in [4.69, 9.17) is 14.2 Å². The van der Waals surface area contributed by atoms with E-state index in [1.165, 1.54) is 18.4 Å². The van der Waals surface area contributed by atoms with E-state index in [1.807, 2.05) is 17.5 Å². The lowest BCUT2D eigenvalue weighted by Crippen LogP contribution is -2.31. The van der Waals surface area contributed by atoms with Crippen molar-refractivity contribution in [3.05, 3.63) is 46.2 Å². The van der Waals surface area contributed by atoms with E-state index in [2.05, 4.69) is 5.32 Å². The van der Waals surface area contributed by atoms with Crippen LogP contribution in [-0.4, -0.2) is 33.2 Å². The van der Waals surface area contributed by atoms with E-state index in [9.17, 15) is 9.59 Å². The van der Waals surface area contributed by atoms with Crippen LogP contribution in [0.15, 0.2) is 35.7 Å². The number of benzene rings is 1. The fraction of sp³-hybridized carbons (Fsp3) is 0.333. The molecule has 134 valence electrons. The Labute approximate surface area is 150 Å². The molecular formula is C18H21NO5S. The van der Waals surface area contributed by atoms with Gasteiger partial charge in [-0.1, -0.05) is 12.1 Å². The smallest absolute Gasteiger partial charge is 0.307 e. The van der Waals surface area contributed by atoms with Gasteiger partial charge in [0.15, 0.2) is 0 Å². The van der Waals surface area contributed by atoms with Crippen molar-refractivity contribution in [3.8, 4) is 11.5 Å². The van der Waals surface area contributed by atoms with Gasteiger partial charge in [-0.25, -0.2) is 0 Å². The van der Waals surface area contributed by atoms with Gasteiger partial charge in [0.25, 0.3) is 0 Å². The summed E-state index contributed by atoms with van der Waals surface area (Å²) in [6.45, 7) is 0. The Kier molecular flexibility index (Phi) is 6.82. The van der Waals surface area contributed by atoms with Crippen LogP contribution >= 0.6 is 11.3 Å². The summed E-state index contributed by atoms with van der Waals surface area (Å²) in [6, 6.07) is 8.64. The van der Waals surface area contributed by atoms with Crippen molar-refractivity contribution in [2.75, 3.05) is 21.3 Å². The number of nitrogens with one attached hydrogen (secondary N) is 1. The van der Waals surface area contributed by atoms with Gasteiger partial charge in [-0.15, -0.1) is 11.3 Å². The first-order chi connectivity index (χ1) is 12.1. The standard InChI is InChI=1S/C18H21NO5S/c1-22-13-7-6-12(15(10-13)23-2)9-17(20)19-14(11-18(21)24-3)16-5-4-8-25-16/h4-8,10,14H,9,11H2,1-3H3,(H,19,20)/t14-/m0/s1. The number of amides is 1. The Balaban J connectivity index is 2.09. The molecule has 0 fully saturated rings. The van der Waals surface area contributed by atoms with Gasteiger partial charge < -0.3 is 19.5 Å². The lowest BCUT2D eigenvalue weighted by Gasteiger charge is -2.17. The van der Waals surface area contributed by atoms with Crippen LogP contribution < -0.4 is 14.8 Å². The van der Waals surface area contributed by atoms with E-state index in [1.54, 1.807) is 32.4 Å². The molecule has 0 saturated carbocycles. The average molecular weight is 363 g/mol. The molecule has 2 aromatic rings. The first kappa shape index (κ1) is 18.8. The fourth-order valence-corrected chi connectivity index (χ4v) is 3.16. The van der Waals surface area contributed by atoms with Crippen LogP contribution in [0.25, 0.3) is 0 Å². The number of carbonyl (C=O) groups is 2. The summed E-state index contributed by atoms with van der Waals surface area (Å²) in [5.41, 5.74) is 0.740. The molecule has 1 amide bonds. The molecule has 2 rings (SSSR count). The maximum Gasteiger partial charge on any atom is 0.307 e. The second-order valence-corrected chi connectivity index (χ2v) is 6.25. The number of ether oxygens (including phenoxy) is 3. The average Bonchev–Trinajstić information content (AvgIpc) is 3.15.